The van der Waals surface area contributed by atoms with Crippen molar-refractivity contribution in [3.8, 4) is 5.75 Å². The monoisotopic (exact) mass is 310 g/mol. The molecule has 0 spiro atoms. The molecule has 0 aliphatic heterocycles. The predicted molar refractivity (Wildman–Crippen MR) is 71.8 cm³/mol. The summed E-state index contributed by atoms with van der Waals surface area (Å²) in [6.45, 7) is -2.80. The molecule has 1 saturated carbocycles. The first-order valence-corrected chi connectivity index (χ1v) is 6.95. The van der Waals surface area contributed by atoms with E-state index in [9.17, 15) is 12.9 Å². The van der Waals surface area contributed by atoms with E-state index < -0.39 is 12.4 Å². The maximum absolute atomic E-state index is 12.7. The van der Waals surface area contributed by atoms with Crippen molar-refractivity contribution in [3.63, 3.8) is 0 Å². The molecule has 1 aromatic carbocycles. The van der Waals surface area contributed by atoms with Crippen LogP contribution in [0.15, 0.2) is 24.3 Å². The number of rotatable bonds is 4. The van der Waals surface area contributed by atoms with Crippen LogP contribution in [0, 0.1) is 5.92 Å². The van der Waals surface area contributed by atoms with Gasteiger partial charge in [-0.2, -0.15) is 0 Å². The summed E-state index contributed by atoms with van der Waals surface area (Å²) in [4.78, 5) is 0. The third kappa shape index (κ3) is 5.37. The third-order valence-electron chi connectivity index (χ3n) is 3.85. The van der Waals surface area contributed by atoms with Crippen molar-refractivity contribution in [2.45, 2.75) is 45.1 Å². The van der Waals surface area contributed by atoms with Gasteiger partial charge in [-0.1, -0.05) is 31.9 Å². The van der Waals surface area contributed by atoms with E-state index >= 15 is 0 Å². The summed E-state index contributed by atoms with van der Waals surface area (Å²) in [6.07, 6.45) is 5.39. The second kappa shape index (κ2) is 8.22. The summed E-state index contributed by atoms with van der Waals surface area (Å²) in [6, 6.07) is 5.25. The van der Waals surface area contributed by atoms with E-state index in [2.05, 4.69) is 6.92 Å². The number of ether oxygens (including phenoxy) is 1. The fraction of sp³-hybridized carbons (Fsp3) is 0.571. The standard InChI is InChI=1S/C14H19BF3O.K/c1-2-11-5-3-7-13(9-11)19-14-8-4-6-12(10-14)15(16,17)18;/h4,6,8,10-11,13H,2-3,5,7,9H2,1H3;/q-1;+1. The van der Waals surface area contributed by atoms with Crippen molar-refractivity contribution in [2.75, 3.05) is 0 Å². The molecule has 0 bridgehead atoms. The van der Waals surface area contributed by atoms with Crippen molar-refractivity contribution in [1.82, 2.24) is 0 Å². The Balaban J connectivity index is 0.00000200. The van der Waals surface area contributed by atoms with E-state index in [4.69, 9.17) is 4.74 Å². The fourth-order valence-corrected chi connectivity index (χ4v) is 2.70. The molecule has 1 aliphatic carbocycles. The molecule has 106 valence electrons. The van der Waals surface area contributed by atoms with E-state index in [1.54, 1.807) is 6.07 Å². The van der Waals surface area contributed by atoms with Gasteiger partial charge in [0.25, 0.3) is 0 Å². The fourth-order valence-electron chi connectivity index (χ4n) is 2.70. The zero-order valence-corrected chi connectivity index (χ0v) is 15.2. The van der Waals surface area contributed by atoms with Gasteiger partial charge in [0.15, 0.2) is 0 Å². The van der Waals surface area contributed by atoms with Crippen LogP contribution in [0.2, 0.25) is 0 Å². The Morgan fingerprint density at radius 3 is 2.65 bits per heavy atom. The average molecular weight is 310 g/mol. The smallest absolute Gasteiger partial charge is 0.491 e. The van der Waals surface area contributed by atoms with Crippen LogP contribution in [0.5, 0.6) is 5.75 Å². The molecular formula is C14H19BF3KO. The number of halogens is 3. The number of hydrogen-bond donors (Lipinski definition) is 0. The zero-order chi connectivity index (χ0) is 13.9. The van der Waals surface area contributed by atoms with E-state index in [1.165, 1.54) is 12.5 Å². The van der Waals surface area contributed by atoms with Gasteiger partial charge in [-0.3, -0.25) is 0 Å². The van der Waals surface area contributed by atoms with Crippen LogP contribution in [0.1, 0.15) is 39.0 Å². The Morgan fingerprint density at radius 1 is 1.25 bits per heavy atom. The first kappa shape index (κ1) is 18.6. The Morgan fingerprint density at radius 2 is 2.00 bits per heavy atom. The van der Waals surface area contributed by atoms with Gasteiger partial charge in [0.05, 0.1) is 6.10 Å². The van der Waals surface area contributed by atoms with Crippen LogP contribution in [0.25, 0.3) is 0 Å². The topological polar surface area (TPSA) is 9.23 Å². The third-order valence-corrected chi connectivity index (χ3v) is 3.85. The largest absolute Gasteiger partial charge is 1.00 e. The maximum atomic E-state index is 12.7. The summed E-state index contributed by atoms with van der Waals surface area (Å²) in [5, 5.41) is 0. The van der Waals surface area contributed by atoms with Crippen molar-refractivity contribution in [3.05, 3.63) is 24.3 Å². The van der Waals surface area contributed by atoms with Gasteiger partial charge in [-0.25, -0.2) is 0 Å². The summed E-state index contributed by atoms with van der Waals surface area (Å²) in [7, 11) is 0. The van der Waals surface area contributed by atoms with Crippen molar-refractivity contribution in [1.29, 1.82) is 0 Å². The Kier molecular flexibility index (Phi) is 7.63. The minimum atomic E-state index is -4.95. The molecule has 2 rings (SSSR count). The average Bonchev–Trinajstić information content (AvgIpc) is 2.38. The molecule has 6 heteroatoms. The molecule has 2 atom stereocenters. The molecule has 1 fully saturated rings. The molecular weight excluding hydrogens is 291 g/mol. The van der Waals surface area contributed by atoms with Crippen LogP contribution in [-0.2, 0) is 0 Å². The van der Waals surface area contributed by atoms with Gasteiger partial charge in [0.1, 0.15) is 5.75 Å². The minimum Gasteiger partial charge on any atom is -0.491 e. The summed E-state index contributed by atoms with van der Waals surface area (Å²) in [5.41, 5.74) is -0.583. The molecule has 1 aromatic rings. The number of benzene rings is 1. The van der Waals surface area contributed by atoms with Gasteiger partial charge in [0.2, 0.25) is 0 Å². The van der Waals surface area contributed by atoms with Gasteiger partial charge in [-0.05, 0) is 37.3 Å². The van der Waals surface area contributed by atoms with Crippen molar-refractivity contribution in [2.24, 2.45) is 5.92 Å². The van der Waals surface area contributed by atoms with Crippen molar-refractivity contribution < 1.29 is 69.1 Å². The van der Waals surface area contributed by atoms with Crippen LogP contribution < -0.4 is 61.6 Å². The zero-order valence-electron chi connectivity index (χ0n) is 12.1. The van der Waals surface area contributed by atoms with Crippen LogP contribution in [-0.4, -0.2) is 13.1 Å². The van der Waals surface area contributed by atoms with Crippen LogP contribution >= 0.6 is 0 Å². The first-order valence-electron chi connectivity index (χ1n) is 6.95. The van der Waals surface area contributed by atoms with Gasteiger partial charge in [-0.15, -0.1) is 5.46 Å². The molecule has 0 amide bonds. The first-order chi connectivity index (χ1) is 8.99. The second-order valence-electron chi connectivity index (χ2n) is 5.33. The maximum Gasteiger partial charge on any atom is 1.00 e. The van der Waals surface area contributed by atoms with Crippen LogP contribution in [0.3, 0.4) is 0 Å². The normalized spacial score (nSPS) is 23.0. The van der Waals surface area contributed by atoms with E-state index in [0.717, 1.165) is 37.8 Å². The molecule has 0 N–H and O–H groups in total. The summed E-state index contributed by atoms with van der Waals surface area (Å²) < 4.78 is 43.7. The SMILES string of the molecule is CCC1CCCC(Oc2cccc([B-](F)(F)F)c2)C1.[K+]. The van der Waals surface area contributed by atoms with E-state index in [0.29, 0.717) is 11.7 Å². The van der Waals surface area contributed by atoms with Gasteiger partial charge < -0.3 is 17.7 Å². The van der Waals surface area contributed by atoms with Crippen LogP contribution in [0.4, 0.5) is 12.9 Å². The molecule has 0 radical (unpaired) electrons. The molecule has 20 heavy (non-hydrogen) atoms. The van der Waals surface area contributed by atoms with E-state index in [-0.39, 0.29) is 57.5 Å². The minimum absolute atomic E-state index is 0. The molecule has 0 aromatic heterocycles. The molecule has 1 aliphatic rings. The van der Waals surface area contributed by atoms with Gasteiger partial charge in [0, 0.05) is 0 Å². The Hall–Kier alpha value is 0.511. The molecule has 0 heterocycles. The Labute approximate surface area is 161 Å². The van der Waals surface area contributed by atoms with E-state index in [1.807, 2.05) is 0 Å². The second-order valence-corrected chi connectivity index (χ2v) is 5.33. The molecule has 0 saturated heterocycles. The predicted octanol–water partition coefficient (Wildman–Crippen LogP) is 1.09. The molecule has 2 unspecified atom stereocenters. The van der Waals surface area contributed by atoms with Gasteiger partial charge >= 0.3 is 58.4 Å². The number of hydrogen-bond acceptors (Lipinski definition) is 1. The molecule has 1 nitrogen and oxygen atoms in total. The quantitative estimate of drug-likeness (QED) is 0.757. The summed E-state index contributed by atoms with van der Waals surface area (Å²) in [5.74, 6) is 0.993. The van der Waals surface area contributed by atoms with Crippen molar-refractivity contribution >= 4 is 12.4 Å². The summed E-state index contributed by atoms with van der Waals surface area (Å²) >= 11 is 0. The Bertz CT molecular complexity index is 425.